The number of carbonyl (C=O) groups excluding carboxylic acids is 1. The van der Waals surface area contributed by atoms with E-state index in [1.807, 2.05) is 0 Å². The molecule has 118 valence electrons. The quantitative estimate of drug-likeness (QED) is 0.888. The highest BCUT2D eigenvalue weighted by Crippen LogP contribution is 2.24. The fraction of sp³-hybridized carbons (Fsp3) is 0.312. The first-order valence-electron chi connectivity index (χ1n) is 6.84. The van der Waals surface area contributed by atoms with E-state index in [0.717, 1.165) is 0 Å². The zero-order valence-corrected chi connectivity index (χ0v) is 13.2. The van der Waals surface area contributed by atoms with Gasteiger partial charge in [-0.15, -0.1) is 0 Å². The van der Waals surface area contributed by atoms with E-state index in [0.29, 0.717) is 28.6 Å². The Hall–Kier alpha value is -1.98. The van der Waals surface area contributed by atoms with Gasteiger partial charge in [-0.05, 0) is 37.3 Å². The Labute approximate surface area is 134 Å². The van der Waals surface area contributed by atoms with Crippen LogP contribution >= 0.6 is 11.6 Å². The van der Waals surface area contributed by atoms with Crippen LogP contribution in [0, 0.1) is 0 Å². The molecule has 0 spiro atoms. The van der Waals surface area contributed by atoms with E-state index < -0.39 is 6.10 Å². The van der Waals surface area contributed by atoms with Gasteiger partial charge in [0.2, 0.25) is 0 Å². The molecular formula is C16H18ClNO4. The van der Waals surface area contributed by atoms with Crippen LogP contribution in [0.25, 0.3) is 0 Å². The molecule has 1 heterocycles. The number of hydrogen-bond acceptors (Lipinski definition) is 4. The number of aliphatic hydroxyl groups excluding tert-OH is 1. The van der Waals surface area contributed by atoms with E-state index in [9.17, 15) is 9.90 Å². The first-order chi connectivity index (χ1) is 10.5. The van der Waals surface area contributed by atoms with Crippen LogP contribution in [0.2, 0.25) is 5.02 Å². The molecule has 2 rings (SSSR count). The van der Waals surface area contributed by atoms with Crippen molar-refractivity contribution in [2.75, 3.05) is 7.05 Å². The molecule has 6 heteroatoms. The van der Waals surface area contributed by atoms with E-state index in [1.165, 1.54) is 4.90 Å². The summed E-state index contributed by atoms with van der Waals surface area (Å²) in [6.45, 7) is 1.82. The van der Waals surface area contributed by atoms with E-state index in [4.69, 9.17) is 20.8 Å². The third-order valence-corrected chi connectivity index (χ3v) is 3.43. The van der Waals surface area contributed by atoms with Gasteiger partial charge >= 0.3 is 0 Å². The summed E-state index contributed by atoms with van der Waals surface area (Å²) in [5, 5.41) is 9.83. The van der Waals surface area contributed by atoms with Gasteiger partial charge in [-0.1, -0.05) is 11.6 Å². The van der Waals surface area contributed by atoms with Crippen LogP contribution in [0.4, 0.5) is 0 Å². The van der Waals surface area contributed by atoms with Crippen molar-refractivity contribution in [3.8, 4) is 5.75 Å². The number of halogens is 1. The number of benzene rings is 1. The molecule has 1 aromatic carbocycles. The normalized spacial score (nSPS) is 12.0. The highest BCUT2D eigenvalue weighted by Gasteiger charge is 2.21. The number of rotatable bonds is 6. The van der Waals surface area contributed by atoms with E-state index in [2.05, 4.69) is 0 Å². The summed E-state index contributed by atoms with van der Waals surface area (Å²) in [5.41, 5.74) is 0.542. The summed E-state index contributed by atoms with van der Waals surface area (Å²) in [6.07, 6.45) is 0.876. The molecule has 0 fully saturated rings. The molecule has 0 aliphatic rings. The lowest BCUT2D eigenvalue weighted by atomic mass is 10.2. The fourth-order valence-electron chi connectivity index (χ4n) is 2.05. The number of carbonyl (C=O) groups is 1. The zero-order chi connectivity index (χ0) is 16.1. The van der Waals surface area contributed by atoms with Crippen molar-refractivity contribution in [2.45, 2.75) is 26.2 Å². The third-order valence-electron chi connectivity index (χ3n) is 3.19. The lowest BCUT2D eigenvalue weighted by Crippen LogP contribution is -2.37. The van der Waals surface area contributed by atoms with Gasteiger partial charge in [0.1, 0.15) is 11.5 Å². The molecular weight excluding hydrogens is 306 g/mol. The molecule has 0 saturated heterocycles. The molecule has 1 unspecified atom stereocenters. The van der Waals surface area contributed by atoms with Crippen molar-refractivity contribution in [3.05, 3.63) is 52.9 Å². The predicted octanol–water partition coefficient (Wildman–Crippen LogP) is 2.85. The van der Waals surface area contributed by atoms with Crippen LogP contribution in [-0.2, 0) is 17.9 Å². The van der Waals surface area contributed by atoms with Crippen LogP contribution < -0.4 is 4.74 Å². The average molecular weight is 324 g/mol. The first-order valence-corrected chi connectivity index (χ1v) is 7.22. The van der Waals surface area contributed by atoms with E-state index >= 15 is 0 Å². The van der Waals surface area contributed by atoms with Crippen LogP contribution in [-0.4, -0.2) is 29.1 Å². The number of aliphatic hydroxyl groups is 1. The Morgan fingerprint density at radius 2 is 2.23 bits per heavy atom. The van der Waals surface area contributed by atoms with E-state index in [1.54, 1.807) is 50.6 Å². The lowest BCUT2D eigenvalue weighted by molar-refractivity contribution is -0.137. The standard InChI is InChI=1S/C16H18ClNO4/c1-11(16(20)18(2)9-14-4-3-7-21-14)22-15-6-5-13(17)8-12(15)10-19/h3-8,11,19H,9-10H2,1-2H3. The minimum absolute atomic E-state index is 0.185. The van der Waals surface area contributed by atoms with Gasteiger partial charge in [-0.3, -0.25) is 4.79 Å². The van der Waals surface area contributed by atoms with Crippen molar-refractivity contribution >= 4 is 17.5 Å². The van der Waals surface area contributed by atoms with Gasteiger partial charge in [0.05, 0.1) is 19.4 Å². The second kappa shape index (κ2) is 7.33. The minimum atomic E-state index is -0.688. The smallest absolute Gasteiger partial charge is 0.263 e. The number of ether oxygens (including phenoxy) is 1. The fourth-order valence-corrected chi connectivity index (χ4v) is 2.25. The highest BCUT2D eigenvalue weighted by molar-refractivity contribution is 6.30. The van der Waals surface area contributed by atoms with Gasteiger partial charge in [-0.2, -0.15) is 0 Å². The molecule has 0 radical (unpaired) electrons. The molecule has 1 amide bonds. The Morgan fingerprint density at radius 1 is 1.45 bits per heavy atom. The van der Waals surface area contributed by atoms with Crippen LogP contribution in [0.5, 0.6) is 5.75 Å². The summed E-state index contributed by atoms with van der Waals surface area (Å²) >= 11 is 5.87. The summed E-state index contributed by atoms with van der Waals surface area (Å²) in [6, 6.07) is 8.48. The third kappa shape index (κ3) is 4.02. The van der Waals surface area contributed by atoms with Gasteiger partial charge in [0, 0.05) is 17.6 Å². The maximum absolute atomic E-state index is 12.3. The maximum Gasteiger partial charge on any atom is 0.263 e. The zero-order valence-electron chi connectivity index (χ0n) is 12.5. The Kier molecular flexibility index (Phi) is 5.46. The van der Waals surface area contributed by atoms with Crippen molar-refractivity contribution in [1.82, 2.24) is 4.90 Å². The minimum Gasteiger partial charge on any atom is -0.481 e. The van der Waals surface area contributed by atoms with Crippen LogP contribution in [0.1, 0.15) is 18.2 Å². The average Bonchev–Trinajstić information content (AvgIpc) is 3.00. The number of amides is 1. The molecule has 22 heavy (non-hydrogen) atoms. The van der Waals surface area contributed by atoms with Gasteiger partial charge in [0.25, 0.3) is 5.91 Å². The van der Waals surface area contributed by atoms with Crippen molar-refractivity contribution in [1.29, 1.82) is 0 Å². The largest absolute Gasteiger partial charge is 0.481 e. The Morgan fingerprint density at radius 3 is 2.86 bits per heavy atom. The lowest BCUT2D eigenvalue weighted by Gasteiger charge is -2.22. The molecule has 1 atom stereocenters. The van der Waals surface area contributed by atoms with Gasteiger partial charge in [-0.25, -0.2) is 0 Å². The first kappa shape index (κ1) is 16.4. The number of nitrogens with zero attached hydrogens (tertiary/aromatic N) is 1. The van der Waals surface area contributed by atoms with Gasteiger partial charge in [0.15, 0.2) is 6.10 Å². The summed E-state index contributed by atoms with van der Waals surface area (Å²) < 4.78 is 10.9. The van der Waals surface area contributed by atoms with E-state index in [-0.39, 0.29) is 12.5 Å². The molecule has 1 N–H and O–H groups in total. The number of likely N-dealkylation sites (N-methyl/N-ethyl adjacent to an activating group) is 1. The molecule has 0 aliphatic carbocycles. The van der Waals surface area contributed by atoms with Gasteiger partial charge < -0.3 is 19.2 Å². The second-order valence-corrected chi connectivity index (χ2v) is 5.38. The Balaban J connectivity index is 2.01. The monoisotopic (exact) mass is 323 g/mol. The molecule has 0 saturated carbocycles. The highest BCUT2D eigenvalue weighted by atomic mass is 35.5. The van der Waals surface area contributed by atoms with Crippen LogP contribution in [0.15, 0.2) is 41.0 Å². The van der Waals surface area contributed by atoms with Crippen molar-refractivity contribution in [3.63, 3.8) is 0 Å². The van der Waals surface area contributed by atoms with Crippen molar-refractivity contribution < 1.29 is 19.1 Å². The van der Waals surface area contributed by atoms with Crippen molar-refractivity contribution in [2.24, 2.45) is 0 Å². The molecule has 1 aromatic heterocycles. The van der Waals surface area contributed by atoms with Crippen LogP contribution in [0.3, 0.4) is 0 Å². The summed E-state index contributed by atoms with van der Waals surface area (Å²) in [4.78, 5) is 13.8. The maximum atomic E-state index is 12.3. The summed E-state index contributed by atoms with van der Waals surface area (Å²) in [5.74, 6) is 0.958. The molecule has 0 aliphatic heterocycles. The summed E-state index contributed by atoms with van der Waals surface area (Å²) in [7, 11) is 1.68. The molecule has 5 nitrogen and oxygen atoms in total. The number of hydrogen-bond donors (Lipinski definition) is 1. The second-order valence-electron chi connectivity index (χ2n) is 4.94. The topological polar surface area (TPSA) is 62.9 Å². The molecule has 0 bridgehead atoms. The Bertz CT molecular complexity index is 627. The number of furan rings is 1. The predicted molar refractivity (Wildman–Crippen MR) is 82.6 cm³/mol. The molecule has 2 aromatic rings. The SMILES string of the molecule is CC(Oc1ccc(Cl)cc1CO)C(=O)N(C)Cc1ccco1.